The summed E-state index contributed by atoms with van der Waals surface area (Å²) < 4.78 is 11.1. The summed E-state index contributed by atoms with van der Waals surface area (Å²) in [6.07, 6.45) is 3.92. The number of amides is 2. The van der Waals surface area contributed by atoms with E-state index in [-0.39, 0.29) is 47.0 Å². The van der Waals surface area contributed by atoms with Crippen molar-refractivity contribution in [3.63, 3.8) is 0 Å². The lowest BCUT2D eigenvalue weighted by molar-refractivity contribution is -0.127. The van der Waals surface area contributed by atoms with Gasteiger partial charge < -0.3 is 19.4 Å². The van der Waals surface area contributed by atoms with Crippen LogP contribution in [0.2, 0.25) is 0 Å². The van der Waals surface area contributed by atoms with Crippen LogP contribution in [-0.4, -0.2) is 48.1 Å². The number of carbonyl (C=O) groups excluding carboxylic acids is 2. The minimum absolute atomic E-state index is 0.00796. The van der Waals surface area contributed by atoms with Crippen LogP contribution >= 0.6 is 0 Å². The molecule has 152 valence electrons. The smallest absolute Gasteiger partial charge is 0.290 e. The van der Waals surface area contributed by atoms with E-state index in [1.165, 1.54) is 6.07 Å². The van der Waals surface area contributed by atoms with Crippen molar-refractivity contribution in [1.82, 2.24) is 10.2 Å². The highest BCUT2D eigenvalue weighted by atomic mass is 16.5. The predicted molar refractivity (Wildman–Crippen MR) is 106 cm³/mol. The number of nitrogens with zero attached hydrogens (tertiary/aromatic N) is 1. The third-order valence-corrected chi connectivity index (χ3v) is 6.46. The van der Waals surface area contributed by atoms with Crippen LogP contribution in [0.15, 0.2) is 39.5 Å². The van der Waals surface area contributed by atoms with Crippen molar-refractivity contribution in [2.75, 3.05) is 13.2 Å². The Morgan fingerprint density at radius 1 is 1.07 bits per heavy atom. The molecule has 4 heterocycles. The van der Waals surface area contributed by atoms with Crippen LogP contribution in [0.4, 0.5) is 0 Å². The summed E-state index contributed by atoms with van der Waals surface area (Å²) in [5.41, 5.74) is 0.208. The summed E-state index contributed by atoms with van der Waals surface area (Å²) in [6.45, 7) is 1.27. The van der Waals surface area contributed by atoms with Crippen molar-refractivity contribution in [2.45, 2.75) is 50.2 Å². The van der Waals surface area contributed by atoms with Crippen LogP contribution in [0.1, 0.15) is 42.7 Å². The van der Waals surface area contributed by atoms with Crippen molar-refractivity contribution < 1.29 is 18.7 Å². The molecule has 0 aliphatic carbocycles. The number of fused-ring (bicyclic) bond motifs is 3. The molecule has 3 aliphatic rings. The number of para-hydroxylation sites is 1. The van der Waals surface area contributed by atoms with E-state index in [2.05, 4.69) is 5.32 Å². The molecular weight excluding hydrogens is 372 g/mol. The molecule has 3 saturated heterocycles. The molecule has 2 aromatic rings. The van der Waals surface area contributed by atoms with Crippen molar-refractivity contribution in [1.29, 1.82) is 0 Å². The normalized spacial score (nSPS) is 28.6. The second-order valence-corrected chi connectivity index (χ2v) is 8.31. The summed E-state index contributed by atoms with van der Waals surface area (Å²) in [7, 11) is 0. The number of hydrogen-bond donors (Lipinski definition) is 1. The number of hydrogen-bond acceptors (Lipinski definition) is 5. The Bertz CT molecular complexity index is 996. The van der Waals surface area contributed by atoms with Crippen LogP contribution in [0.3, 0.4) is 0 Å². The van der Waals surface area contributed by atoms with Gasteiger partial charge in [-0.3, -0.25) is 14.4 Å². The Morgan fingerprint density at radius 2 is 1.83 bits per heavy atom. The zero-order valence-corrected chi connectivity index (χ0v) is 16.1. The predicted octanol–water partition coefficient (Wildman–Crippen LogP) is 2.08. The molecular formula is C22H24N2O5. The standard InChI is InChI=1S/C22H24N2O5/c25-18-11-20(29-19-4-2-1-3-17(18)19)22(27)24-15-5-6-16(24)10-13(9-15)21(26)23-14-7-8-28-12-14/h1-4,11,13-16H,5-10,12H2,(H,23,26). The summed E-state index contributed by atoms with van der Waals surface area (Å²) in [4.78, 5) is 40.1. The Kier molecular flexibility index (Phi) is 4.62. The Hall–Kier alpha value is -2.67. The number of nitrogens with one attached hydrogen (secondary N) is 1. The zero-order valence-electron chi connectivity index (χ0n) is 16.1. The lowest BCUT2D eigenvalue weighted by Gasteiger charge is -2.38. The van der Waals surface area contributed by atoms with Gasteiger partial charge >= 0.3 is 0 Å². The third-order valence-electron chi connectivity index (χ3n) is 6.46. The van der Waals surface area contributed by atoms with Crippen LogP contribution < -0.4 is 10.7 Å². The minimum Gasteiger partial charge on any atom is -0.451 e. The fraction of sp³-hybridized carbons (Fsp3) is 0.500. The third kappa shape index (κ3) is 3.33. The Labute approximate surface area is 168 Å². The highest BCUT2D eigenvalue weighted by molar-refractivity contribution is 5.94. The zero-order chi connectivity index (χ0) is 20.0. The van der Waals surface area contributed by atoms with Gasteiger partial charge in [0.15, 0.2) is 11.2 Å². The molecule has 3 unspecified atom stereocenters. The van der Waals surface area contributed by atoms with Gasteiger partial charge in [0.1, 0.15) is 5.58 Å². The lowest BCUT2D eigenvalue weighted by atomic mass is 9.89. The molecule has 7 nitrogen and oxygen atoms in total. The van der Waals surface area contributed by atoms with E-state index in [0.29, 0.717) is 37.0 Å². The van der Waals surface area contributed by atoms with Crippen molar-refractivity contribution in [3.8, 4) is 0 Å². The molecule has 3 fully saturated rings. The molecule has 29 heavy (non-hydrogen) atoms. The highest BCUT2D eigenvalue weighted by Crippen LogP contribution is 2.39. The molecule has 1 N–H and O–H groups in total. The van der Waals surface area contributed by atoms with E-state index in [0.717, 1.165) is 19.3 Å². The first-order valence-corrected chi connectivity index (χ1v) is 10.3. The van der Waals surface area contributed by atoms with E-state index >= 15 is 0 Å². The van der Waals surface area contributed by atoms with Crippen LogP contribution in [0.25, 0.3) is 11.0 Å². The Morgan fingerprint density at radius 3 is 2.55 bits per heavy atom. The van der Waals surface area contributed by atoms with Gasteiger partial charge in [0.05, 0.1) is 18.0 Å². The fourth-order valence-corrected chi connectivity index (χ4v) is 5.03. The van der Waals surface area contributed by atoms with Gasteiger partial charge in [0.2, 0.25) is 5.91 Å². The Balaban J connectivity index is 1.33. The first kappa shape index (κ1) is 18.4. The first-order chi connectivity index (χ1) is 14.1. The quantitative estimate of drug-likeness (QED) is 0.858. The second-order valence-electron chi connectivity index (χ2n) is 8.31. The largest absolute Gasteiger partial charge is 0.451 e. The molecule has 3 atom stereocenters. The SMILES string of the molecule is O=C(NC1CCOC1)C1CC2CCC(C1)N2C(=O)c1cc(=O)c2ccccc2o1. The van der Waals surface area contributed by atoms with Gasteiger partial charge in [-0.05, 0) is 44.2 Å². The molecule has 0 saturated carbocycles. The maximum atomic E-state index is 13.2. The minimum atomic E-state index is -0.247. The molecule has 1 aromatic heterocycles. The number of benzene rings is 1. The van der Waals surface area contributed by atoms with Crippen LogP contribution in [-0.2, 0) is 9.53 Å². The molecule has 3 aliphatic heterocycles. The van der Waals surface area contributed by atoms with Crippen molar-refractivity contribution >= 4 is 22.8 Å². The second kappa shape index (κ2) is 7.30. The van der Waals surface area contributed by atoms with E-state index in [1.807, 2.05) is 4.90 Å². The summed E-state index contributed by atoms with van der Waals surface area (Å²) in [6, 6.07) is 8.36. The number of piperidine rings is 1. The topological polar surface area (TPSA) is 88.9 Å². The van der Waals surface area contributed by atoms with E-state index in [1.54, 1.807) is 24.3 Å². The first-order valence-electron chi connectivity index (χ1n) is 10.3. The van der Waals surface area contributed by atoms with Crippen LogP contribution in [0.5, 0.6) is 0 Å². The fourth-order valence-electron chi connectivity index (χ4n) is 5.03. The van der Waals surface area contributed by atoms with Gasteiger partial charge in [-0.25, -0.2) is 0 Å². The number of carbonyl (C=O) groups is 2. The monoisotopic (exact) mass is 396 g/mol. The van der Waals surface area contributed by atoms with Gasteiger partial charge in [0, 0.05) is 30.7 Å². The van der Waals surface area contributed by atoms with Gasteiger partial charge in [-0.2, -0.15) is 0 Å². The summed E-state index contributed by atoms with van der Waals surface area (Å²) in [5.74, 6) is -0.178. The summed E-state index contributed by atoms with van der Waals surface area (Å²) >= 11 is 0. The van der Waals surface area contributed by atoms with Crippen molar-refractivity contribution in [3.05, 3.63) is 46.3 Å². The average molecular weight is 396 g/mol. The van der Waals surface area contributed by atoms with Gasteiger partial charge in [-0.1, -0.05) is 12.1 Å². The van der Waals surface area contributed by atoms with Gasteiger partial charge in [-0.15, -0.1) is 0 Å². The number of ether oxygens (including phenoxy) is 1. The molecule has 5 rings (SSSR count). The van der Waals surface area contributed by atoms with Crippen LogP contribution in [0, 0.1) is 5.92 Å². The molecule has 2 bridgehead atoms. The van der Waals surface area contributed by atoms with E-state index in [9.17, 15) is 14.4 Å². The molecule has 0 radical (unpaired) electrons. The summed E-state index contributed by atoms with van der Waals surface area (Å²) in [5, 5.41) is 3.56. The number of rotatable bonds is 3. The maximum absolute atomic E-state index is 13.2. The molecule has 2 amide bonds. The molecule has 1 aromatic carbocycles. The van der Waals surface area contributed by atoms with E-state index in [4.69, 9.17) is 9.15 Å². The highest BCUT2D eigenvalue weighted by Gasteiger charge is 2.46. The molecule has 0 spiro atoms. The van der Waals surface area contributed by atoms with Crippen molar-refractivity contribution in [2.24, 2.45) is 5.92 Å². The maximum Gasteiger partial charge on any atom is 0.290 e. The van der Waals surface area contributed by atoms with E-state index < -0.39 is 0 Å². The average Bonchev–Trinajstić information content (AvgIpc) is 3.32. The van der Waals surface area contributed by atoms with Gasteiger partial charge in [0.25, 0.3) is 5.91 Å². The molecule has 7 heteroatoms. The lowest BCUT2D eigenvalue weighted by Crippen LogP contribution is -2.50.